The average Bonchev–Trinajstić information content (AvgIpc) is 3.31. The number of aromatic nitrogens is 4. The summed E-state index contributed by atoms with van der Waals surface area (Å²) in [5, 5.41) is 13.3. The maximum Gasteiger partial charge on any atom is 0.326 e. The van der Waals surface area contributed by atoms with Gasteiger partial charge < -0.3 is 19.9 Å². The van der Waals surface area contributed by atoms with Crippen molar-refractivity contribution in [3.8, 4) is 17.8 Å². The number of nitrogens with one attached hydrogen (secondary N) is 2. The third-order valence-electron chi connectivity index (χ3n) is 4.92. The van der Waals surface area contributed by atoms with E-state index in [9.17, 15) is 4.79 Å². The molecule has 1 unspecified atom stereocenters. The standard InChI is InChI=1S/C20H20ClN7O2/c1-3-15-17(21)16-18(25-15)26-20(30-14-6-12(7-22)8-23-9-14)27-19(16)28-5-4-13(10-28)24-11(2)29/h6,8-9,13H,3-5,10H2,1-2H3,(H,24,29)(H,25,26,27). The number of ether oxygens (including phenoxy) is 1. The number of fused-ring (bicyclic) bond motifs is 1. The summed E-state index contributed by atoms with van der Waals surface area (Å²) >= 11 is 6.62. The number of nitrogens with zero attached hydrogens (tertiary/aromatic N) is 5. The van der Waals surface area contributed by atoms with E-state index in [0.29, 0.717) is 47.3 Å². The van der Waals surface area contributed by atoms with Gasteiger partial charge in [0.2, 0.25) is 5.91 Å². The van der Waals surface area contributed by atoms with Crippen molar-refractivity contribution in [2.75, 3.05) is 18.0 Å². The Hall–Kier alpha value is -3.38. The number of halogens is 1. The van der Waals surface area contributed by atoms with Crippen LogP contribution in [0.25, 0.3) is 11.0 Å². The predicted octanol–water partition coefficient (Wildman–Crippen LogP) is 2.95. The Morgan fingerprint density at radius 1 is 1.47 bits per heavy atom. The minimum Gasteiger partial charge on any atom is -0.422 e. The number of nitriles is 1. The Balaban J connectivity index is 1.74. The van der Waals surface area contributed by atoms with Crippen LogP contribution in [-0.4, -0.2) is 45.0 Å². The zero-order valence-corrected chi connectivity index (χ0v) is 17.3. The molecule has 154 valence electrons. The molecule has 3 aromatic heterocycles. The lowest BCUT2D eigenvalue weighted by molar-refractivity contribution is -0.119. The fourth-order valence-corrected chi connectivity index (χ4v) is 3.94. The van der Waals surface area contributed by atoms with Crippen LogP contribution in [0, 0.1) is 11.3 Å². The Morgan fingerprint density at radius 2 is 2.30 bits per heavy atom. The minimum atomic E-state index is -0.0588. The number of carbonyl (C=O) groups is 1. The topological polar surface area (TPSA) is 120 Å². The van der Waals surface area contributed by atoms with Crippen LogP contribution in [0.3, 0.4) is 0 Å². The van der Waals surface area contributed by atoms with Crippen LogP contribution >= 0.6 is 11.6 Å². The van der Waals surface area contributed by atoms with Crippen molar-refractivity contribution in [1.29, 1.82) is 5.26 Å². The first-order valence-electron chi connectivity index (χ1n) is 9.61. The predicted molar refractivity (Wildman–Crippen MR) is 112 cm³/mol. The highest BCUT2D eigenvalue weighted by atomic mass is 35.5. The van der Waals surface area contributed by atoms with Gasteiger partial charge in [-0.25, -0.2) is 0 Å². The van der Waals surface area contributed by atoms with E-state index in [-0.39, 0.29) is 18.0 Å². The number of carbonyl (C=O) groups excluding carboxylic acids is 1. The average molecular weight is 426 g/mol. The normalized spacial score (nSPS) is 15.9. The molecule has 30 heavy (non-hydrogen) atoms. The summed E-state index contributed by atoms with van der Waals surface area (Å²) in [5.74, 6) is 0.954. The van der Waals surface area contributed by atoms with Crippen LogP contribution < -0.4 is 15.0 Å². The van der Waals surface area contributed by atoms with Crippen molar-refractivity contribution >= 4 is 34.4 Å². The van der Waals surface area contributed by atoms with Crippen molar-refractivity contribution in [2.45, 2.75) is 32.7 Å². The maximum atomic E-state index is 11.4. The molecule has 0 spiro atoms. The summed E-state index contributed by atoms with van der Waals surface area (Å²) in [6.45, 7) is 4.84. The van der Waals surface area contributed by atoms with E-state index in [0.717, 1.165) is 17.5 Å². The van der Waals surface area contributed by atoms with E-state index in [1.54, 1.807) is 6.07 Å². The number of hydrogen-bond donors (Lipinski definition) is 2. The van der Waals surface area contributed by atoms with Crippen LogP contribution in [0.2, 0.25) is 5.02 Å². The molecule has 4 heterocycles. The summed E-state index contributed by atoms with van der Waals surface area (Å²) in [7, 11) is 0. The molecule has 4 rings (SSSR count). The van der Waals surface area contributed by atoms with Crippen molar-refractivity contribution in [3.63, 3.8) is 0 Å². The molecule has 1 fully saturated rings. The highest BCUT2D eigenvalue weighted by Crippen LogP contribution is 2.36. The highest BCUT2D eigenvalue weighted by molar-refractivity contribution is 6.37. The van der Waals surface area contributed by atoms with Gasteiger partial charge in [-0.1, -0.05) is 18.5 Å². The summed E-state index contributed by atoms with van der Waals surface area (Å²) in [5.41, 5.74) is 1.82. The van der Waals surface area contributed by atoms with Gasteiger partial charge in [-0.2, -0.15) is 15.2 Å². The molecule has 9 nitrogen and oxygen atoms in total. The molecule has 0 bridgehead atoms. The Morgan fingerprint density at radius 3 is 3.03 bits per heavy atom. The molecule has 1 atom stereocenters. The molecule has 1 saturated heterocycles. The second kappa shape index (κ2) is 8.16. The van der Waals surface area contributed by atoms with Gasteiger partial charge in [0.05, 0.1) is 22.2 Å². The van der Waals surface area contributed by atoms with Gasteiger partial charge in [0.1, 0.15) is 17.5 Å². The summed E-state index contributed by atoms with van der Waals surface area (Å²) in [6.07, 6.45) is 4.47. The first-order chi connectivity index (χ1) is 14.5. The van der Waals surface area contributed by atoms with Gasteiger partial charge in [-0.05, 0) is 12.8 Å². The molecule has 10 heteroatoms. The fourth-order valence-electron chi connectivity index (χ4n) is 3.59. The number of anilines is 1. The van der Waals surface area contributed by atoms with Gasteiger partial charge in [-0.3, -0.25) is 9.78 Å². The van der Waals surface area contributed by atoms with E-state index in [1.807, 2.05) is 13.0 Å². The molecule has 1 aliphatic heterocycles. The Kier molecular flexibility index (Phi) is 5.42. The van der Waals surface area contributed by atoms with E-state index in [1.165, 1.54) is 19.3 Å². The Labute approximate surface area is 178 Å². The van der Waals surface area contributed by atoms with Crippen molar-refractivity contribution in [3.05, 3.63) is 34.7 Å². The monoisotopic (exact) mass is 425 g/mol. The Bertz CT molecular complexity index is 1150. The first kappa shape index (κ1) is 19.9. The van der Waals surface area contributed by atoms with E-state index in [2.05, 4.69) is 30.2 Å². The molecule has 1 amide bonds. The highest BCUT2D eigenvalue weighted by Gasteiger charge is 2.28. The molecule has 0 radical (unpaired) electrons. The number of aromatic amines is 1. The van der Waals surface area contributed by atoms with Gasteiger partial charge in [0.15, 0.2) is 5.75 Å². The summed E-state index contributed by atoms with van der Waals surface area (Å²) in [4.78, 5) is 29.8. The molecular formula is C20H20ClN7O2. The van der Waals surface area contributed by atoms with E-state index < -0.39 is 0 Å². The molecule has 0 aromatic carbocycles. The number of H-pyrrole nitrogens is 1. The number of aryl methyl sites for hydroxylation is 1. The van der Waals surface area contributed by atoms with Crippen LogP contribution in [0.15, 0.2) is 18.5 Å². The molecule has 0 saturated carbocycles. The maximum absolute atomic E-state index is 11.4. The number of amides is 1. The van der Waals surface area contributed by atoms with E-state index in [4.69, 9.17) is 21.6 Å². The molecule has 0 aliphatic carbocycles. The van der Waals surface area contributed by atoms with Crippen LogP contribution in [0.4, 0.5) is 5.82 Å². The SMILES string of the molecule is CCc1[nH]c2nc(Oc3cncc(C#N)c3)nc(N3CCC(NC(C)=O)C3)c2c1Cl. The van der Waals surface area contributed by atoms with Gasteiger partial charge in [0, 0.05) is 44.0 Å². The van der Waals surface area contributed by atoms with E-state index >= 15 is 0 Å². The molecule has 1 aliphatic rings. The third kappa shape index (κ3) is 3.86. The molecular weight excluding hydrogens is 406 g/mol. The van der Waals surface area contributed by atoms with Crippen molar-refractivity contribution in [1.82, 2.24) is 25.3 Å². The molecule has 3 aromatic rings. The number of hydrogen-bond acceptors (Lipinski definition) is 7. The fraction of sp³-hybridized carbons (Fsp3) is 0.350. The second-order valence-corrected chi connectivity index (χ2v) is 7.46. The first-order valence-corrected chi connectivity index (χ1v) is 9.99. The van der Waals surface area contributed by atoms with Crippen LogP contribution in [0.5, 0.6) is 11.8 Å². The quantitative estimate of drug-likeness (QED) is 0.644. The number of pyridine rings is 1. The zero-order chi connectivity index (χ0) is 21.3. The lowest BCUT2D eigenvalue weighted by Gasteiger charge is -2.19. The molecule has 2 N–H and O–H groups in total. The van der Waals surface area contributed by atoms with Gasteiger partial charge in [-0.15, -0.1) is 0 Å². The van der Waals surface area contributed by atoms with Crippen molar-refractivity contribution < 1.29 is 9.53 Å². The largest absolute Gasteiger partial charge is 0.422 e. The minimum absolute atomic E-state index is 0.0387. The zero-order valence-electron chi connectivity index (χ0n) is 16.6. The lowest BCUT2D eigenvalue weighted by atomic mass is 10.2. The smallest absolute Gasteiger partial charge is 0.326 e. The van der Waals surface area contributed by atoms with Gasteiger partial charge >= 0.3 is 6.01 Å². The van der Waals surface area contributed by atoms with Crippen LogP contribution in [0.1, 0.15) is 31.5 Å². The summed E-state index contributed by atoms with van der Waals surface area (Å²) < 4.78 is 5.81. The van der Waals surface area contributed by atoms with Gasteiger partial charge in [0.25, 0.3) is 0 Å². The summed E-state index contributed by atoms with van der Waals surface area (Å²) in [6, 6.07) is 3.76. The number of rotatable bonds is 5. The third-order valence-corrected chi connectivity index (χ3v) is 5.34. The van der Waals surface area contributed by atoms with Crippen LogP contribution in [-0.2, 0) is 11.2 Å². The second-order valence-electron chi connectivity index (χ2n) is 7.08. The van der Waals surface area contributed by atoms with Crippen molar-refractivity contribution in [2.24, 2.45) is 0 Å². The lowest BCUT2D eigenvalue weighted by Crippen LogP contribution is -2.35.